The first-order chi connectivity index (χ1) is 11.2. The number of rotatable bonds is 4. The number of benzene rings is 1. The van der Waals surface area contributed by atoms with Crippen LogP contribution in [0.5, 0.6) is 0 Å². The van der Waals surface area contributed by atoms with Crippen LogP contribution in [0.3, 0.4) is 0 Å². The van der Waals surface area contributed by atoms with E-state index in [-0.39, 0.29) is 29.6 Å². The minimum atomic E-state index is -0.215. The molecule has 120 valence electrons. The van der Waals surface area contributed by atoms with Crippen molar-refractivity contribution in [3.05, 3.63) is 59.8 Å². The smallest absolute Gasteiger partial charge is 0.226 e. The highest BCUT2D eigenvalue weighted by atomic mass is 19.1. The van der Waals surface area contributed by atoms with E-state index in [2.05, 4.69) is 0 Å². The van der Waals surface area contributed by atoms with E-state index in [4.69, 9.17) is 4.42 Å². The topological polar surface area (TPSA) is 33.5 Å². The predicted octanol–water partition coefficient (Wildman–Crippen LogP) is 3.76. The monoisotopic (exact) mass is 313 g/mol. The summed E-state index contributed by atoms with van der Waals surface area (Å²) < 4.78 is 18.5. The molecule has 0 radical (unpaired) electrons. The van der Waals surface area contributed by atoms with Gasteiger partial charge >= 0.3 is 0 Å². The van der Waals surface area contributed by atoms with Crippen LogP contribution in [0.4, 0.5) is 4.39 Å². The number of furan rings is 1. The zero-order valence-corrected chi connectivity index (χ0v) is 13.0. The number of hydrogen-bond acceptors (Lipinski definition) is 2. The quantitative estimate of drug-likeness (QED) is 0.861. The summed E-state index contributed by atoms with van der Waals surface area (Å²) in [5, 5.41) is 0. The molecule has 1 aliphatic carbocycles. The van der Waals surface area contributed by atoms with Crippen LogP contribution in [0.15, 0.2) is 47.1 Å². The first kappa shape index (κ1) is 14.5. The first-order valence-corrected chi connectivity index (χ1v) is 8.30. The molecule has 1 aliphatic heterocycles. The van der Waals surface area contributed by atoms with Crippen molar-refractivity contribution in [3.63, 3.8) is 0 Å². The van der Waals surface area contributed by atoms with Crippen LogP contribution in [0.25, 0.3) is 0 Å². The van der Waals surface area contributed by atoms with Crippen LogP contribution < -0.4 is 0 Å². The molecule has 0 unspecified atom stereocenters. The van der Waals surface area contributed by atoms with Crippen molar-refractivity contribution in [2.24, 2.45) is 5.92 Å². The van der Waals surface area contributed by atoms with Crippen molar-refractivity contribution in [2.75, 3.05) is 6.54 Å². The fourth-order valence-electron chi connectivity index (χ4n) is 3.73. The molecule has 1 saturated carbocycles. The molecule has 1 aromatic carbocycles. The number of amides is 1. The third-order valence-corrected chi connectivity index (χ3v) is 5.06. The van der Waals surface area contributed by atoms with Gasteiger partial charge in [-0.25, -0.2) is 4.39 Å². The standard InChI is InChI=1S/C19H20FNO2/c20-14-7-5-13(6-8-14)11-15-3-1-9-21(15)19(22)17-12-16(17)18-4-2-10-23-18/h2,4-8,10,15-17H,1,3,9,11-12H2/t15-,16+,17+/m0/s1. The third kappa shape index (κ3) is 2.90. The Morgan fingerprint density at radius 3 is 2.83 bits per heavy atom. The Balaban J connectivity index is 1.41. The number of carbonyl (C=O) groups excluding carboxylic acids is 1. The zero-order chi connectivity index (χ0) is 15.8. The summed E-state index contributed by atoms with van der Waals surface area (Å²) in [5.41, 5.74) is 1.09. The van der Waals surface area contributed by atoms with E-state index < -0.39 is 0 Å². The van der Waals surface area contributed by atoms with Crippen molar-refractivity contribution in [3.8, 4) is 0 Å². The van der Waals surface area contributed by atoms with E-state index in [1.165, 1.54) is 12.1 Å². The molecule has 1 amide bonds. The Bertz CT molecular complexity index is 680. The summed E-state index contributed by atoms with van der Waals surface area (Å²) in [7, 11) is 0. The number of halogens is 1. The SMILES string of the molecule is O=C([C@@H]1C[C@H]1c1ccco1)N1CCC[C@H]1Cc1ccc(F)cc1. The minimum absolute atomic E-state index is 0.0787. The number of nitrogens with zero attached hydrogens (tertiary/aromatic N) is 1. The Kier molecular flexibility index (Phi) is 3.68. The first-order valence-electron chi connectivity index (χ1n) is 8.30. The number of carbonyl (C=O) groups is 1. The number of hydrogen-bond donors (Lipinski definition) is 0. The molecule has 2 aliphatic rings. The van der Waals surface area contributed by atoms with E-state index in [0.29, 0.717) is 0 Å². The van der Waals surface area contributed by atoms with E-state index in [0.717, 1.165) is 43.6 Å². The van der Waals surface area contributed by atoms with Gasteiger partial charge in [-0.15, -0.1) is 0 Å². The maximum atomic E-state index is 13.0. The fraction of sp³-hybridized carbons (Fsp3) is 0.421. The van der Waals surface area contributed by atoms with Crippen molar-refractivity contribution >= 4 is 5.91 Å². The highest BCUT2D eigenvalue weighted by Gasteiger charge is 2.49. The second-order valence-electron chi connectivity index (χ2n) is 6.62. The predicted molar refractivity (Wildman–Crippen MR) is 84.4 cm³/mol. The van der Waals surface area contributed by atoms with Gasteiger partial charge in [0.15, 0.2) is 0 Å². The lowest BCUT2D eigenvalue weighted by molar-refractivity contribution is -0.133. The van der Waals surface area contributed by atoms with Gasteiger partial charge in [-0.1, -0.05) is 12.1 Å². The number of likely N-dealkylation sites (tertiary alicyclic amines) is 1. The summed E-state index contributed by atoms with van der Waals surface area (Å²) in [6.07, 6.45) is 5.45. The molecule has 23 heavy (non-hydrogen) atoms. The average Bonchev–Trinajstić information content (AvgIpc) is 2.98. The van der Waals surface area contributed by atoms with Gasteiger partial charge in [-0.2, -0.15) is 0 Å². The normalized spacial score (nSPS) is 26.5. The van der Waals surface area contributed by atoms with Gasteiger partial charge in [0.05, 0.1) is 6.26 Å². The van der Waals surface area contributed by atoms with Crippen molar-refractivity contribution in [2.45, 2.75) is 37.6 Å². The lowest BCUT2D eigenvalue weighted by atomic mass is 10.0. The van der Waals surface area contributed by atoms with Gasteiger partial charge in [0.1, 0.15) is 11.6 Å². The highest BCUT2D eigenvalue weighted by Crippen LogP contribution is 2.49. The summed E-state index contributed by atoms with van der Waals surface area (Å²) in [5.74, 6) is 1.31. The van der Waals surface area contributed by atoms with E-state index in [1.54, 1.807) is 6.26 Å². The Hall–Kier alpha value is -2.10. The van der Waals surface area contributed by atoms with Crippen molar-refractivity contribution < 1.29 is 13.6 Å². The van der Waals surface area contributed by atoms with Crippen LogP contribution in [0, 0.1) is 11.7 Å². The van der Waals surface area contributed by atoms with Crippen LogP contribution in [-0.4, -0.2) is 23.4 Å². The summed E-state index contributed by atoms with van der Waals surface area (Å²) in [6.45, 7) is 0.839. The molecule has 0 N–H and O–H groups in total. The van der Waals surface area contributed by atoms with Gasteiger partial charge in [-0.05, 0) is 55.5 Å². The molecule has 2 heterocycles. The van der Waals surface area contributed by atoms with Gasteiger partial charge in [-0.3, -0.25) is 4.79 Å². The third-order valence-electron chi connectivity index (χ3n) is 5.06. The maximum absolute atomic E-state index is 13.0. The van der Waals surface area contributed by atoms with Crippen molar-refractivity contribution in [1.29, 1.82) is 0 Å². The Labute approximate surface area is 135 Å². The second kappa shape index (κ2) is 5.84. The van der Waals surface area contributed by atoms with Crippen molar-refractivity contribution in [1.82, 2.24) is 4.90 Å². The van der Waals surface area contributed by atoms with Crippen LogP contribution in [-0.2, 0) is 11.2 Å². The van der Waals surface area contributed by atoms with Gasteiger partial charge in [0, 0.05) is 24.4 Å². The largest absolute Gasteiger partial charge is 0.469 e. The molecule has 3 atom stereocenters. The minimum Gasteiger partial charge on any atom is -0.469 e. The molecule has 0 bridgehead atoms. The molecule has 3 nitrogen and oxygen atoms in total. The molecule has 4 rings (SSSR count). The molecule has 2 aromatic rings. The molecule has 0 spiro atoms. The molecule has 4 heteroatoms. The maximum Gasteiger partial charge on any atom is 0.226 e. The fourth-order valence-corrected chi connectivity index (χ4v) is 3.73. The lowest BCUT2D eigenvalue weighted by Gasteiger charge is -2.25. The second-order valence-corrected chi connectivity index (χ2v) is 6.62. The van der Waals surface area contributed by atoms with Crippen LogP contribution in [0.1, 0.15) is 36.5 Å². The Morgan fingerprint density at radius 2 is 2.09 bits per heavy atom. The zero-order valence-electron chi connectivity index (χ0n) is 13.0. The van der Waals surface area contributed by atoms with Gasteiger partial charge in [0.2, 0.25) is 5.91 Å². The van der Waals surface area contributed by atoms with Gasteiger partial charge in [0.25, 0.3) is 0 Å². The van der Waals surface area contributed by atoms with Crippen LogP contribution >= 0.6 is 0 Å². The summed E-state index contributed by atoms with van der Waals surface area (Å²) in [4.78, 5) is 14.8. The van der Waals surface area contributed by atoms with E-state index >= 15 is 0 Å². The van der Waals surface area contributed by atoms with E-state index in [1.807, 2.05) is 29.2 Å². The van der Waals surface area contributed by atoms with E-state index in [9.17, 15) is 9.18 Å². The molecule has 2 fully saturated rings. The Morgan fingerprint density at radius 1 is 1.26 bits per heavy atom. The van der Waals surface area contributed by atoms with Gasteiger partial charge < -0.3 is 9.32 Å². The molecule has 1 saturated heterocycles. The molecular formula is C19H20FNO2. The lowest BCUT2D eigenvalue weighted by Crippen LogP contribution is -2.38. The van der Waals surface area contributed by atoms with Crippen LogP contribution in [0.2, 0.25) is 0 Å². The summed E-state index contributed by atoms with van der Waals surface area (Å²) in [6, 6.07) is 10.7. The molecule has 1 aromatic heterocycles. The average molecular weight is 313 g/mol. The highest BCUT2D eigenvalue weighted by molar-refractivity contribution is 5.83. The summed E-state index contributed by atoms with van der Waals surface area (Å²) >= 11 is 0. The molecular weight excluding hydrogens is 293 g/mol.